The maximum atomic E-state index is 10.6. The van der Waals surface area contributed by atoms with Gasteiger partial charge in [-0.1, -0.05) is 29.8 Å². The summed E-state index contributed by atoms with van der Waals surface area (Å²) in [5, 5.41) is 8.73. The van der Waals surface area contributed by atoms with Crippen molar-refractivity contribution in [2.45, 2.75) is 39.8 Å². The first-order valence-corrected chi connectivity index (χ1v) is 6.00. The van der Waals surface area contributed by atoms with Crippen molar-refractivity contribution in [3.05, 3.63) is 35.4 Å². The molecule has 17 heavy (non-hydrogen) atoms. The number of aryl methyl sites for hydroxylation is 1. The van der Waals surface area contributed by atoms with Crippen molar-refractivity contribution in [2.75, 3.05) is 6.54 Å². The molecule has 0 atom stereocenters. The summed E-state index contributed by atoms with van der Waals surface area (Å²) in [6.07, 6.45) is 0.198. The molecule has 0 unspecified atom stereocenters. The maximum absolute atomic E-state index is 10.6. The molecular weight excluding hydrogens is 214 g/mol. The molecule has 0 spiro atoms. The number of hydrogen-bond donors (Lipinski definition) is 1. The molecule has 0 saturated heterocycles. The lowest BCUT2D eigenvalue weighted by Crippen LogP contribution is -2.32. The van der Waals surface area contributed by atoms with E-state index in [0.29, 0.717) is 12.6 Å². The minimum Gasteiger partial charge on any atom is -0.481 e. The third kappa shape index (κ3) is 5.00. The molecule has 0 aliphatic carbocycles. The standard InChI is InChI=1S/C14H21NO2/c1-11(2)15(8-7-14(16)17)10-13-6-4-5-12(3)9-13/h4-6,9,11H,7-8,10H2,1-3H3,(H,16,17). The van der Waals surface area contributed by atoms with E-state index in [1.165, 1.54) is 11.1 Å². The van der Waals surface area contributed by atoms with Crippen LogP contribution in [0.4, 0.5) is 0 Å². The van der Waals surface area contributed by atoms with Crippen molar-refractivity contribution in [1.82, 2.24) is 4.90 Å². The van der Waals surface area contributed by atoms with E-state index in [-0.39, 0.29) is 6.42 Å². The summed E-state index contributed by atoms with van der Waals surface area (Å²) >= 11 is 0. The first kappa shape index (κ1) is 13.7. The van der Waals surface area contributed by atoms with Gasteiger partial charge in [0.25, 0.3) is 0 Å². The molecule has 3 nitrogen and oxygen atoms in total. The first-order valence-electron chi connectivity index (χ1n) is 6.00. The molecule has 0 amide bonds. The van der Waals surface area contributed by atoms with Crippen LogP contribution < -0.4 is 0 Å². The molecular formula is C14H21NO2. The second-order valence-corrected chi connectivity index (χ2v) is 4.70. The minimum absolute atomic E-state index is 0.198. The van der Waals surface area contributed by atoms with E-state index in [0.717, 1.165) is 6.54 Å². The van der Waals surface area contributed by atoms with Crippen molar-refractivity contribution >= 4 is 5.97 Å². The number of nitrogens with zero attached hydrogens (tertiary/aromatic N) is 1. The van der Waals surface area contributed by atoms with Crippen LogP contribution in [0.1, 0.15) is 31.4 Å². The lowest BCUT2D eigenvalue weighted by molar-refractivity contribution is -0.137. The molecule has 0 fully saturated rings. The largest absolute Gasteiger partial charge is 0.481 e. The van der Waals surface area contributed by atoms with E-state index in [1.807, 2.05) is 6.07 Å². The first-order chi connectivity index (χ1) is 7.99. The van der Waals surface area contributed by atoms with Gasteiger partial charge < -0.3 is 5.11 Å². The van der Waals surface area contributed by atoms with E-state index in [2.05, 4.69) is 43.9 Å². The second-order valence-electron chi connectivity index (χ2n) is 4.70. The van der Waals surface area contributed by atoms with Crippen molar-refractivity contribution in [1.29, 1.82) is 0 Å². The molecule has 1 N–H and O–H groups in total. The van der Waals surface area contributed by atoms with Gasteiger partial charge in [0.2, 0.25) is 0 Å². The monoisotopic (exact) mass is 235 g/mol. The molecule has 3 heteroatoms. The lowest BCUT2D eigenvalue weighted by Gasteiger charge is -2.26. The molecule has 0 aromatic heterocycles. The summed E-state index contributed by atoms with van der Waals surface area (Å²) in [7, 11) is 0. The van der Waals surface area contributed by atoms with Crippen LogP contribution in [0.3, 0.4) is 0 Å². The number of carbonyl (C=O) groups is 1. The highest BCUT2D eigenvalue weighted by molar-refractivity contribution is 5.66. The average molecular weight is 235 g/mol. The van der Waals surface area contributed by atoms with Crippen LogP contribution >= 0.6 is 0 Å². The van der Waals surface area contributed by atoms with E-state index in [1.54, 1.807) is 0 Å². The molecule has 0 saturated carbocycles. The Morgan fingerprint density at radius 1 is 1.41 bits per heavy atom. The molecule has 0 aliphatic rings. The molecule has 94 valence electrons. The van der Waals surface area contributed by atoms with Gasteiger partial charge in [-0.25, -0.2) is 0 Å². The van der Waals surface area contributed by atoms with Gasteiger partial charge in [-0.05, 0) is 26.3 Å². The van der Waals surface area contributed by atoms with Gasteiger partial charge in [-0.15, -0.1) is 0 Å². The second kappa shape index (κ2) is 6.40. The topological polar surface area (TPSA) is 40.5 Å². The smallest absolute Gasteiger partial charge is 0.304 e. The zero-order valence-corrected chi connectivity index (χ0v) is 10.8. The Morgan fingerprint density at radius 3 is 2.65 bits per heavy atom. The van der Waals surface area contributed by atoms with E-state index >= 15 is 0 Å². The van der Waals surface area contributed by atoms with Gasteiger partial charge in [0, 0.05) is 19.1 Å². The third-order valence-electron chi connectivity index (χ3n) is 2.81. The Balaban J connectivity index is 2.63. The zero-order chi connectivity index (χ0) is 12.8. The van der Waals surface area contributed by atoms with Crippen LogP contribution in [0.5, 0.6) is 0 Å². The number of carboxylic acids is 1. The normalized spacial score (nSPS) is 11.1. The highest BCUT2D eigenvalue weighted by Gasteiger charge is 2.11. The van der Waals surface area contributed by atoms with Crippen molar-refractivity contribution in [3.63, 3.8) is 0 Å². The number of carboxylic acid groups (broad SMARTS) is 1. The Bertz CT molecular complexity index is 374. The predicted molar refractivity (Wildman–Crippen MR) is 69.0 cm³/mol. The van der Waals surface area contributed by atoms with Gasteiger partial charge in [-0.2, -0.15) is 0 Å². The van der Waals surface area contributed by atoms with Gasteiger partial charge in [-0.3, -0.25) is 9.69 Å². The fourth-order valence-electron chi connectivity index (χ4n) is 1.80. The summed E-state index contributed by atoms with van der Waals surface area (Å²) in [5.41, 5.74) is 2.48. The van der Waals surface area contributed by atoms with Gasteiger partial charge >= 0.3 is 5.97 Å². The highest BCUT2D eigenvalue weighted by atomic mass is 16.4. The quantitative estimate of drug-likeness (QED) is 0.824. The van der Waals surface area contributed by atoms with Crippen molar-refractivity contribution < 1.29 is 9.90 Å². The number of hydrogen-bond acceptors (Lipinski definition) is 2. The van der Waals surface area contributed by atoms with Crippen molar-refractivity contribution in [2.24, 2.45) is 0 Å². The zero-order valence-electron chi connectivity index (χ0n) is 10.8. The van der Waals surface area contributed by atoms with Crippen LogP contribution in [0.25, 0.3) is 0 Å². The van der Waals surface area contributed by atoms with E-state index in [4.69, 9.17) is 5.11 Å². The van der Waals surface area contributed by atoms with Crippen LogP contribution in [0, 0.1) is 6.92 Å². The number of aliphatic carboxylic acids is 1. The lowest BCUT2D eigenvalue weighted by atomic mass is 10.1. The number of rotatable bonds is 6. The van der Waals surface area contributed by atoms with Gasteiger partial charge in [0.15, 0.2) is 0 Å². The Labute approximate surface area is 103 Å². The summed E-state index contributed by atoms with van der Waals surface area (Å²) in [4.78, 5) is 12.8. The average Bonchev–Trinajstić information content (AvgIpc) is 2.23. The minimum atomic E-state index is -0.736. The molecule has 0 bridgehead atoms. The predicted octanol–water partition coefficient (Wildman–Crippen LogP) is 2.68. The highest BCUT2D eigenvalue weighted by Crippen LogP contribution is 2.10. The van der Waals surface area contributed by atoms with Crippen LogP contribution in [-0.2, 0) is 11.3 Å². The SMILES string of the molecule is Cc1cccc(CN(CCC(=O)O)C(C)C)c1. The molecule has 0 heterocycles. The molecule has 0 radical (unpaired) electrons. The Morgan fingerprint density at radius 2 is 2.12 bits per heavy atom. The summed E-state index contributed by atoms with van der Waals surface area (Å²) in [5.74, 6) is -0.736. The fourth-order valence-corrected chi connectivity index (χ4v) is 1.80. The number of benzene rings is 1. The van der Waals surface area contributed by atoms with Crippen molar-refractivity contribution in [3.8, 4) is 0 Å². The van der Waals surface area contributed by atoms with Crippen LogP contribution in [0.2, 0.25) is 0 Å². The molecule has 1 aromatic carbocycles. The molecule has 1 aromatic rings. The van der Waals surface area contributed by atoms with Gasteiger partial charge in [0.1, 0.15) is 0 Å². The summed E-state index contributed by atoms with van der Waals surface area (Å²) in [6, 6.07) is 8.70. The molecule has 1 rings (SSSR count). The Kier molecular flexibility index (Phi) is 5.16. The summed E-state index contributed by atoms with van der Waals surface area (Å²) < 4.78 is 0. The third-order valence-corrected chi connectivity index (χ3v) is 2.81. The van der Waals surface area contributed by atoms with E-state index in [9.17, 15) is 4.79 Å². The fraction of sp³-hybridized carbons (Fsp3) is 0.500. The van der Waals surface area contributed by atoms with Crippen LogP contribution in [-0.4, -0.2) is 28.6 Å². The van der Waals surface area contributed by atoms with E-state index < -0.39 is 5.97 Å². The van der Waals surface area contributed by atoms with Crippen LogP contribution in [0.15, 0.2) is 24.3 Å². The maximum Gasteiger partial charge on any atom is 0.304 e. The molecule has 0 aliphatic heterocycles. The summed E-state index contributed by atoms with van der Waals surface area (Å²) in [6.45, 7) is 7.67. The van der Waals surface area contributed by atoms with Gasteiger partial charge in [0.05, 0.1) is 6.42 Å². The Hall–Kier alpha value is -1.35.